The number of hydrogen-bond acceptors (Lipinski definition) is 5. The molecule has 0 aliphatic heterocycles. The van der Waals surface area contributed by atoms with E-state index in [2.05, 4.69) is 4.99 Å². The fourth-order valence-electron chi connectivity index (χ4n) is 2.80. The molecule has 0 unspecified atom stereocenters. The second-order valence-corrected chi connectivity index (χ2v) is 7.78. The average Bonchev–Trinajstić information content (AvgIpc) is 2.74. The Balaban J connectivity index is 1.97. The molecule has 3 aromatic carbocycles. The van der Waals surface area contributed by atoms with Gasteiger partial charge in [0.2, 0.25) is 5.75 Å². The lowest BCUT2D eigenvalue weighted by Crippen LogP contribution is -2.06. The molecular weight excluding hydrogens is 540 g/mol. The SMILES string of the molecule is COc1cc(C=Nc2ccccc2C)cc(I)c1Oc1ccc(C(F)(F)F)cc1[N+](=O)[O-]. The monoisotopic (exact) mass is 556 g/mol. The zero-order valence-electron chi connectivity index (χ0n) is 16.8. The summed E-state index contributed by atoms with van der Waals surface area (Å²) < 4.78 is 50.3. The number of para-hydroxylation sites is 1. The van der Waals surface area contributed by atoms with Crippen LogP contribution in [0.15, 0.2) is 59.6 Å². The number of benzene rings is 3. The lowest BCUT2D eigenvalue weighted by molar-refractivity contribution is -0.385. The summed E-state index contributed by atoms with van der Waals surface area (Å²) in [5.74, 6) is 0.0573. The average molecular weight is 556 g/mol. The van der Waals surface area contributed by atoms with Gasteiger partial charge in [-0.25, -0.2) is 0 Å². The molecule has 0 aromatic heterocycles. The molecule has 32 heavy (non-hydrogen) atoms. The number of hydrogen-bond donors (Lipinski definition) is 0. The highest BCUT2D eigenvalue weighted by Gasteiger charge is 2.33. The predicted molar refractivity (Wildman–Crippen MR) is 122 cm³/mol. The van der Waals surface area contributed by atoms with Gasteiger partial charge in [-0.3, -0.25) is 15.1 Å². The van der Waals surface area contributed by atoms with Gasteiger partial charge in [0.1, 0.15) is 0 Å². The highest BCUT2D eigenvalue weighted by molar-refractivity contribution is 14.1. The summed E-state index contributed by atoms with van der Waals surface area (Å²) in [7, 11) is 1.39. The molecule has 3 aromatic rings. The third-order valence-corrected chi connectivity index (χ3v) is 5.22. The van der Waals surface area contributed by atoms with Crippen LogP contribution in [0.2, 0.25) is 0 Å². The van der Waals surface area contributed by atoms with Gasteiger partial charge < -0.3 is 9.47 Å². The summed E-state index contributed by atoms with van der Waals surface area (Å²) >= 11 is 1.95. The number of aliphatic imine (C=N–C) groups is 1. The summed E-state index contributed by atoms with van der Waals surface area (Å²) in [6.45, 7) is 1.94. The number of alkyl halides is 3. The van der Waals surface area contributed by atoms with E-state index in [1.54, 1.807) is 18.3 Å². The van der Waals surface area contributed by atoms with Crippen molar-refractivity contribution in [3.8, 4) is 17.2 Å². The Kier molecular flexibility index (Phi) is 7.02. The van der Waals surface area contributed by atoms with Crippen molar-refractivity contribution in [2.45, 2.75) is 13.1 Å². The number of methoxy groups -OCH3 is 1. The van der Waals surface area contributed by atoms with E-state index in [1.807, 2.05) is 53.8 Å². The fourth-order valence-corrected chi connectivity index (χ4v) is 3.53. The number of rotatable bonds is 6. The second kappa shape index (κ2) is 9.55. The first kappa shape index (κ1) is 23.5. The van der Waals surface area contributed by atoms with Gasteiger partial charge in [0.25, 0.3) is 0 Å². The van der Waals surface area contributed by atoms with Crippen LogP contribution < -0.4 is 9.47 Å². The zero-order chi connectivity index (χ0) is 23.5. The number of nitro benzene ring substituents is 1. The van der Waals surface area contributed by atoms with Gasteiger partial charge in [-0.05, 0) is 71.0 Å². The van der Waals surface area contributed by atoms with E-state index in [4.69, 9.17) is 9.47 Å². The maximum absolute atomic E-state index is 12.9. The third-order valence-electron chi connectivity index (χ3n) is 4.41. The minimum atomic E-state index is -4.71. The molecule has 0 spiro atoms. The molecule has 0 aliphatic carbocycles. The molecular formula is C22H16F3IN2O4. The van der Waals surface area contributed by atoms with Gasteiger partial charge in [0, 0.05) is 12.3 Å². The number of ether oxygens (including phenoxy) is 2. The first-order valence-electron chi connectivity index (χ1n) is 9.11. The molecule has 166 valence electrons. The lowest BCUT2D eigenvalue weighted by atomic mass is 10.1. The Morgan fingerprint density at radius 2 is 1.81 bits per heavy atom. The van der Waals surface area contributed by atoms with Gasteiger partial charge >= 0.3 is 11.9 Å². The van der Waals surface area contributed by atoms with E-state index >= 15 is 0 Å². The number of halogens is 4. The van der Waals surface area contributed by atoms with Gasteiger partial charge in [0.05, 0.1) is 26.9 Å². The van der Waals surface area contributed by atoms with E-state index in [-0.39, 0.29) is 17.2 Å². The molecule has 6 nitrogen and oxygen atoms in total. The van der Waals surface area contributed by atoms with Crippen molar-refractivity contribution in [3.63, 3.8) is 0 Å². The standard InChI is InChI=1S/C22H16F3IN2O4/c1-13-5-3-4-6-17(13)27-12-14-9-16(26)21(20(10-14)31-2)32-19-8-7-15(22(23,24)25)11-18(19)28(29)30/h3-12H,1-2H3. The molecule has 0 heterocycles. The molecule has 3 rings (SSSR count). The van der Waals surface area contributed by atoms with Crippen LogP contribution in [0.5, 0.6) is 17.2 Å². The largest absolute Gasteiger partial charge is 0.493 e. The van der Waals surface area contributed by atoms with Gasteiger partial charge in [-0.15, -0.1) is 0 Å². The van der Waals surface area contributed by atoms with Gasteiger partial charge in [0.15, 0.2) is 11.5 Å². The molecule has 0 bridgehead atoms. The van der Waals surface area contributed by atoms with Crippen molar-refractivity contribution in [2.24, 2.45) is 4.99 Å². The molecule has 0 N–H and O–H groups in total. The smallest absolute Gasteiger partial charge is 0.416 e. The summed E-state index contributed by atoms with van der Waals surface area (Å²) in [4.78, 5) is 14.9. The van der Waals surface area contributed by atoms with E-state index in [1.165, 1.54) is 7.11 Å². The number of aryl methyl sites for hydroxylation is 1. The van der Waals surface area contributed by atoms with Crippen molar-refractivity contribution in [2.75, 3.05) is 7.11 Å². The molecule has 0 radical (unpaired) electrons. The summed E-state index contributed by atoms with van der Waals surface area (Å²) in [5, 5.41) is 11.3. The first-order chi connectivity index (χ1) is 15.1. The van der Waals surface area contributed by atoms with Gasteiger partial charge in [-0.1, -0.05) is 18.2 Å². The maximum atomic E-state index is 12.9. The summed E-state index contributed by atoms with van der Waals surface area (Å²) in [6, 6.07) is 13.0. The van der Waals surface area contributed by atoms with E-state index < -0.39 is 22.4 Å². The first-order valence-corrected chi connectivity index (χ1v) is 10.2. The molecule has 0 amide bonds. The predicted octanol–water partition coefficient (Wildman–Crippen LogP) is 7.08. The summed E-state index contributed by atoms with van der Waals surface area (Å²) in [5.41, 5.74) is 0.537. The highest BCUT2D eigenvalue weighted by Crippen LogP contribution is 2.42. The van der Waals surface area contributed by atoms with Crippen LogP contribution in [-0.2, 0) is 6.18 Å². The van der Waals surface area contributed by atoms with Crippen LogP contribution >= 0.6 is 22.6 Å². The minimum absolute atomic E-state index is 0.143. The van der Waals surface area contributed by atoms with Crippen LogP contribution in [0.4, 0.5) is 24.5 Å². The van der Waals surface area contributed by atoms with Gasteiger partial charge in [-0.2, -0.15) is 13.2 Å². The Labute approximate surface area is 195 Å². The van der Waals surface area contributed by atoms with Crippen LogP contribution in [0.1, 0.15) is 16.7 Å². The molecule has 0 aliphatic rings. The van der Waals surface area contributed by atoms with Crippen LogP contribution in [-0.4, -0.2) is 18.2 Å². The Morgan fingerprint density at radius 1 is 1.09 bits per heavy atom. The molecule has 0 saturated heterocycles. The summed E-state index contributed by atoms with van der Waals surface area (Å²) in [6.07, 6.45) is -3.08. The van der Waals surface area contributed by atoms with Crippen LogP contribution in [0, 0.1) is 20.6 Å². The second-order valence-electron chi connectivity index (χ2n) is 6.62. The van der Waals surface area contributed by atoms with E-state index in [9.17, 15) is 23.3 Å². The minimum Gasteiger partial charge on any atom is -0.493 e. The Morgan fingerprint density at radius 3 is 2.44 bits per heavy atom. The molecule has 0 fully saturated rings. The molecule has 0 saturated carbocycles. The lowest BCUT2D eigenvalue weighted by Gasteiger charge is -2.14. The van der Waals surface area contributed by atoms with E-state index in [0.29, 0.717) is 15.2 Å². The molecule has 0 atom stereocenters. The Hall–Kier alpha value is -3.15. The van der Waals surface area contributed by atoms with Crippen LogP contribution in [0.3, 0.4) is 0 Å². The zero-order valence-corrected chi connectivity index (χ0v) is 19.0. The van der Waals surface area contributed by atoms with E-state index in [0.717, 1.165) is 23.4 Å². The van der Waals surface area contributed by atoms with Crippen molar-refractivity contribution in [1.29, 1.82) is 0 Å². The quantitative estimate of drug-likeness (QED) is 0.141. The van der Waals surface area contributed by atoms with Crippen molar-refractivity contribution in [1.82, 2.24) is 0 Å². The maximum Gasteiger partial charge on any atom is 0.416 e. The Bertz CT molecular complexity index is 1200. The van der Waals surface area contributed by atoms with Crippen molar-refractivity contribution >= 4 is 40.2 Å². The number of nitrogens with zero attached hydrogens (tertiary/aromatic N) is 2. The molecule has 10 heteroatoms. The highest BCUT2D eigenvalue weighted by atomic mass is 127. The fraction of sp³-hybridized carbons (Fsp3) is 0.136. The van der Waals surface area contributed by atoms with Crippen molar-refractivity contribution < 1.29 is 27.6 Å². The third kappa shape index (κ3) is 5.36. The van der Waals surface area contributed by atoms with Crippen LogP contribution in [0.25, 0.3) is 0 Å². The topological polar surface area (TPSA) is 74.0 Å². The van der Waals surface area contributed by atoms with Crippen molar-refractivity contribution in [3.05, 3.63) is 85.0 Å². The number of nitro groups is 1. The normalized spacial score (nSPS) is 11.6.